The third-order valence-electron chi connectivity index (χ3n) is 4.80. The molecule has 4 nitrogen and oxygen atoms in total. The van der Waals surface area contributed by atoms with Crippen molar-refractivity contribution in [1.82, 2.24) is 4.90 Å². The van der Waals surface area contributed by atoms with Crippen molar-refractivity contribution in [2.75, 3.05) is 0 Å². The van der Waals surface area contributed by atoms with Crippen LogP contribution in [0.2, 0.25) is 0 Å². The van der Waals surface area contributed by atoms with E-state index in [1.54, 1.807) is 4.90 Å². The topological polar surface area (TPSA) is 46.6 Å². The van der Waals surface area contributed by atoms with Crippen molar-refractivity contribution in [3.8, 4) is 0 Å². The Balaban J connectivity index is 2.43. The van der Waals surface area contributed by atoms with Crippen LogP contribution in [-0.2, 0) is 14.3 Å². The average Bonchev–Trinajstić information content (AvgIpc) is 2.84. The fourth-order valence-corrected chi connectivity index (χ4v) is 3.44. The average molecular weight is 325 g/mol. The Morgan fingerprint density at radius 2 is 1.65 bits per heavy atom. The first-order chi connectivity index (χ1) is 10.9. The Kier molecular flexibility index (Phi) is 8.64. The number of nitrogens with zero attached hydrogens (tertiary/aromatic N) is 1. The molecule has 0 aromatic rings. The molecule has 0 bridgehead atoms. The van der Waals surface area contributed by atoms with Crippen LogP contribution in [0.15, 0.2) is 0 Å². The lowest BCUT2D eigenvalue weighted by molar-refractivity contribution is -0.146. The Bertz CT molecular complexity index is 381. The molecule has 1 heterocycles. The molecule has 3 atom stereocenters. The van der Waals surface area contributed by atoms with Crippen LogP contribution >= 0.6 is 0 Å². The standard InChI is InChI=1S/C19H35NO3/c1-6-7-8-9-10-11-12-13-15(4)18-20(16(5)21)17(14(2)3)19(22)23-18/h14-15,17-18H,6-13H2,1-5H3/t15?,17-,18?/m0/s1. The van der Waals surface area contributed by atoms with E-state index >= 15 is 0 Å². The van der Waals surface area contributed by atoms with Gasteiger partial charge < -0.3 is 4.74 Å². The van der Waals surface area contributed by atoms with E-state index in [1.165, 1.54) is 45.4 Å². The first-order valence-electron chi connectivity index (χ1n) is 9.39. The number of esters is 1. The first kappa shape index (κ1) is 20.0. The predicted octanol–water partition coefficient (Wildman–Crippen LogP) is 4.52. The van der Waals surface area contributed by atoms with E-state index in [-0.39, 0.29) is 29.9 Å². The van der Waals surface area contributed by atoms with Crippen molar-refractivity contribution in [2.24, 2.45) is 11.8 Å². The number of ether oxygens (including phenoxy) is 1. The van der Waals surface area contributed by atoms with Crippen molar-refractivity contribution in [3.63, 3.8) is 0 Å². The van der Waals surface area contributed by atoms with Crippen molar-refractivity contribution >= 4 is 11.9 Å². The smallest absolute Gasteiger partial charge is 0.331 e. The van der Waals surface area contributed by atoms with Crippen molar-refractivity contribution in [3.05, 3.63) is 0 Å². The highest BCUT2D eigenvalue weighted by atomic mass is 16.6. The Hall–Kier alpha value is -1.06. The molecule has 1 fully saturated rings. The molecule has 0 aromatic carbocycles. The number of amides is 1. The maximum Gasteiger partial charge on any atom is 0.331 e. The Morgan fingerprint density at radius 1 is 1.09 bits per heavy atom. The van der Waals surface area contributed by atoms with Gasteiger partial charge in [-0.05, 0) is 12.3 Å². The van der Waals surface area contributed by atoms with Gasteiger partial charge in [0.15, 0.2) is 6.23 Å². The molecule has 1 amide bonds. The fourth-order valence-electron chi connectivity index (χ4n) is 3.44. The Labute approximate surface area is 141 Å². The van der Waals surface area contributed by atoms with Crippen molar-refractivity contribution in [1.29, 1.82) is 0 Å². The number of cyclic esters (lactones) is 1. The third kappa shape index (κ3) is 5.82. The van der Waals surface area contributed by atoms with Gasteiger partial charge in [0.1, 0.15) is 6.04 Å². The van der Waals surface area contributed by atoms with Gasteiger partial charge in [-0.15, -0.1) is 0 Å². The molecule has 0 saturated carbocycles. The van der Waals surface area contributed by atoms with Crippen molar-refractivity contribution in [2.45, 2.75) is 98.3 Å². The van der Waals surface area contributed by atoms with E-state index in [1.807, 2.05) is 13.8 Å². The molecular weight excluding hydrogens is 290 g/mol. The van der Waals surface area contributed by atoms with Gasteiger partial charge in [0.05, 0.1) is 0 Å². The summed E-state index contributed by atoms with van der Waals surface area (Å²) in [6, 6.07) is -0.422. The normalized spacial score (nSPS) is 22.5. The van der Waals surface area contributed by atoms with Gasteiger partial charge in [-0.3, -0.25) is 9.69 Å². The minimum absolute atomic E-state index is 0.0639. The summed E-state index contributed by atoms with van der Waals surface area (Å²) in [6.07, 6.45) is 9.52. The lowest BCUT2D eigenvalue weighted by Gasteiger charge is -2.30. The van der Waals surface area contributed by atoms with Crippen LogP contribution in [0, 0.1) is 11.8 Å². The highest BCUT2D eigenvalue weighted by Crippen LogP contribution is 2.30. The second kappa shape index (κ2) is 9.94. The van der Waals surface area contributed by atoms with Gasteiger partial charge >= 0.3 is 5.97 Å². The number of unbranched alkanes of at least 4 members (excludes halogenated alkanes) is 6. The molecule has 23 heavy (non-hydrogen) atoms. The first-order valence-corrected chi connectivity index (χ1v) is 9.39. The molecule has 4 heteroatoms. The van der Waals surface area contributed by atoms with E-state index in [0.29, 0.717) is 0 Å². The highest BCUT2D eigenvalue weighted by molar-refractivity contribution is 5.86. The molecule has 1 saturated heterocycles. The molecule has 0 aliphatic carbocycles. The number of rotatable bonds is 10. The number of carbonyl (C=O) groups is 2. The number of carbonyl (C=O) groups excluding carboxylic acids is 2. The number of hydrogen-bond donors (Lipinski definition) is 0. The molecule has 0 aromatic heterocycles. The lowest BCUT2D eigenvalue weighted by atomic mass is 9.98. The minimum Gasteiger partial charge on any atom is -0.440 e. The summed E-state index contributed by atoms with van der Waals surface area (Å²) >= 11 is 0. The van der Waals surface area contributed by atoms with Crippen LogP contribution in [0.1, 0.15) is 86.0 Å². The minimum atomic E-state index is -0.422. The van der Waals surface area contributed by atoms with E-state index in [2.05, 4.69) is 13.8 Å². The van der Waals surface area contributed by atoms with Crippen LogP contribution in [0.3, 0.4) is 0 Å². The lowest BCUT2D eigenvalue weighted by Crippen LogP contribution is -2.46. The zero-order valence-electron chi connectivity index (χ0n) is 15.6. The summed E-state index contributed by atoms with van der Waals surface area (Å²) in [7, 11) is 0. The van der Waals surface area contributed by atoms with E-state index in [9.17, 15) is 9.59 Å². The largest absolute Gasteiger partial charge is 0.440 e. The maximum atomic E-state index is 12.1. The summed E-state index contributed by atoms with van der Waals surface area (Å²) in [5, 5.41) is 0. The predicted molar refractivity (Wildman–Crippen MR) is 92.8 cm³/mol. The van der Waals surface area contributed by atoms with Crippen LogP contribution < -0.4 is 0 Å². The van der Waals surface area contributed by atoms with Gasteiger partial charge in [-0.2, -0.15) is 0 Å². The quantitative estimate of drug-likeness (QED) is 0.438. The summed E-state index contributed by atoms with van der Waals surface area (Å²) in [5.41, 5.74) is 0. The molecule has 1 aliphatic heterocycles. The van der Waals surface area contributed by atoms with Gasteiger partial charge in [0.25, 0.3) is 0 Å². The zero-order valence-corrected chi connectivity index (χ0v) is 15.6. The second-order valence-corrected chi connectivity index (χ2v) is 7.33. The van der Waals surface area contributed by atoms with Gasteiger partial charge in [0.2, 0.25) is 5.91 Å². The molecule has 1 rings (SSSR count). The molecule has 2 unspecified atom stereocenters. The highest BCUT2D eigenvalue weighted by Gasteiger charge is 2.47. The maximum absolute atomic E-state index is 12.1. The summed E-state index contributed by atoms with van der Waals surface area (Å²) in [5.74, 6) is -0.0259. The SMILES string of the molecule is CCCCCCCCCC(C)C1OC(=O)[C@H](C(C)C)N1C(C)=O. The van der Waals surface area contributed by atoms with E-state index in [4.69, 9.17) is 4.74 Å². The molecule has 0 spiro atoms. The van der Waals surface area contributed by atoms with E-state index < -0.39 is 6.04 Å². The molecule has 0 N–H and O–H groups in total. The number of hydrogen-bond acceptors (Lipinski definition) is 3. The molecule has 1 aliphatic rings. The molecule has 0 radical (unpaired) electrons. The van der Waals surface area contributed by atoms with Gasteiger partial charge in [-0.1, -0.05) is 72.6 Å². The van der Waals surface area contributed by atoms with Crippen LogP contribution in [0.25, 0.3) is 0 Å². The molecular formula is C19H35NO3. The summed E-state index contributed by atoms with van der Waals surface area (Å²) < 4.78 is 5.55. The Morgan fingerprint density at radius 3 is 2.17 bits per heavy atom. The van der Waals surface area contributed by atoms with E-state index in [0.717, 1.165) is 12.8 Å². The van der Waals surface area contributed by atoms with Crippen molar-refractivity contribution < 1.29 is 14.3 Å². The third-order valence-corrected chi connectivity index (χ3v) is 4.80. The monoisotopic (exact) mass is 325 g/mol. The van der Waals surface area contributed by atoms with Crippen LogP contribution in [0.5, 0.6) is 0 Å². The molecule has 134 valence electrons. The van der Waals surface area contributed by atoms with Crippen LogP contribution in [-0.4, -0.2) is 29.0 Å². The van der Waals surface area contributed by atoms with Crippen LogP contribution in [0.4, 0.5) is 0 Å². The second-order valence-electron chi connectivity index (χ2n) is 7.33. The van der Waals surface area contributed by atoms with Gasteiger partial charge in [0, 0.05) is 12.8 Å². The fraction of sp³-hybridized carbons (Fsp3) is 0.895. The summed E-state index contributed by atoms with van der Waals surface area (Å²) in [6.45, 7) is 9.78. The summed E-state index contributed by atoms with van der Waals surface area (Å²) in [4.78, 5) is 25.8. The zero-order chi connectivity index (χ0) is 17.4. The van der Waals surface area contributed by atoms with Gasteiger partial charge in [-0.25, -0.2) is 4.79 Å².